The number of nitrogens with two attached hydrogens (primary N) is 1. The lowest BCUT2D eigenvalue weighted by molar-refractivity contribution is 0.673. The summed E-state index contributed by atoms with van der Waals surface area (Å²) >= 11 is 0. The van der Waals surface area contributed by atoms with E-state index < -0.39 is 10.8 Å². The minimum Gasteiger partial charge on any atom is -0.369 e. The van der Waals surface area contributed by atoms with Gasteiger partial charge in [-0.1, -0.05) is 12.1 Å². The molecule has 0 spiro atoms. The van der Waals surface area contributed by atoms with Crippen molar-refractivity contribution in [3.63, 3.8) is 0 Å². The van der Waals surface area contributed by atoms with E-state index in [9.17, 15) is 4.21 Å². The topological polar surface area (TPSA) is 46.3 Å². The first kappa shape index (κ1) is 11.6. The first-order chi connectivity index (χ1) is 7.70. The minimum atomic E-state index is -0.609. The van der Waals surface area contributed by atoms with Gasteiger partial charge >= 0.3 is 0 Å². The summed E-state index contributed by atoms with van der Waals surface area (Å²) in [7, 11) is -0.609. The monoisotopic (exact) mass is 238 g/mol. The van der Waals surface area contributed by atoms with E-state index in [0.717, 1.165) is 24.6 Å². The summed E-state index contributed by atoms with van der Waals surface area (Å²) in [5.74, 6) is 1.58. The lowest BCUT2D eigenvalue weighted by Gasteiger charge is -2.30. The summed E-state index contributed by atoms with van der Waals surface area (Å²) in [5.41, 5.74) is 9.30. The summed E-state index contributed by atoms with van der Waals surface area (Å²) < 4.78 is 11.3. The van der Waals surface area contributed by atoms with Crippen molar-refractivity contribution in [3.8, 4) is 0 Å². The molecule has 2 N–H and O–H groups in total. The second-order valence-corrected chi connectivity index (χ2v) is 5.86. The Bertz CT molecular complexity index is 396. The van der Waals surface area contributed by atoms with Crippen LogP contribution in [0.3, 0.4) is 0 Å². The number of rotatable bonds is 2. The first-order valence-electron chi connectivity index (χ1n) is 5.60. The zero-order valence-electron chi connectivity index (χ0n) is 9.61. The number of aryl methyl sites for hydroxylation is 1. The van der Waals surface area contributed by atoms with E-state index in [-0.39, 0.29) is 0 Å². The maximum atomic E-state index is 11.3. The van der Waals surface area contributed by atoms with Gasteiger partial charge in [0.05, 0.1) is 0 Å². The molecule has 0 amide bonds. The van der Waals surface area contributed by atoms with Crippen molar-refractivity contribution in [1.29, 1.82) is 0 Å². The second kappa shape index (κ2) is 4.97. The van der Waals surface area contributed by atoms with Crippen LogP contribution in [0.15, 0.2) is 18.2 Å². The van der Waals surface area contributed by atoms with E-state index in [1.807, 2.05) is 0 Å². The molecule has 1 aromatic carbocycles. The second-order valence-electron chi connectivity index (χ2n) is 4.16. The maximum Gasteiger partial charge on any atom is 0.0411 e. The molecule has 1 aromatic rings. The van der Waals surface area contributed by atoms with Gasteiger partial charge in [-0.2, -0.15) is 0 Å². The lowest BCUT2D eigenvalue weighted by atomic mass is 10.1. The van der Waals surface area contributed by atoms with Gasteiger partial charge in [-0.3, -0.25) is 4.21 Å². The average molecular weight is 238 g/mol. The predicted octanol–water partition coefficient (Wildman–Crippen LogP) is 1.02. The Hall–Kier alpha value is -0.870. The van der Waals surface area contributed by atoms with E-state index in [4.69, 9.17) is 5.73 Å². The van der Waals surface area contributed by atoms with Gasteiger partial charge in [-0.05, 0) is 24.1 Å². The zero-order chi connectivity index (χ0) is 11.5. The van der Waals surface area contributed by atoms with Crippen LogP contribution >= 0.6 is 0 Å². The Morgan fingerprint density at radius 3 is 2.62 bits per heavy atom. The number of nitrogens with zero attached hydrogens (tertiary/aromatic N) is 1. The first-order valence-corrected chi connectivity index (χ1v) is 7.09. The summed E-state index contributed by atoms with van der Waals surface area (Å²) in [5, 5.41) is 0. The molecule has 0 saturated carbocycles. The minimum absolute atomic E-state index is 0.588. The Labute approximate surface area is 99.1 Å². The summed E-state index contributed by atoms with van der Waals surface area (Å²) in [6.45, 7) is 4.50. The van der Waals surface area contributed by atoms with E-state index in [1.54, 1.807) is 0 Å². The molecule has 0 radical (unpaired) electrons. The molecule has 1 heterocycles. The third-order valence-electron chi connectivity index (χ3n) is 3.02. The van der Waals surface area contributed by atoms with Crippen LogP contribution in [0, 0.1) is 6.92 Å². The number of hydrogen-bond acceptors (Lipinski definition) is 3. The van der Waals surface area contributed by atoms with Crippen LogP contribution in [-0.4, -0.2) is 28.8 Å². The van der Waals surface area contributed by atoms with Crippen LogP contribution < -0.4 is 10.6 Å². The van der Waals surface area contributed by atoms with Gasteiger partial charge in [0.25, 0.3) is 0 Å². The van der Waals surface area contributed by atoms with Crippen LogP contribution in [0.4, 0.5) is 5.69 Å². The van der Waals surface area contributed by atoms with Crippen LogP contribution in [0.2, 0.25) is 0 Å². The maximum absolute atomic E-state index is 11.3. The molecule has 0 aromatic heterocycles. The van der Waals surface area contributed by atoms with Crippen molar-refractivity contribution in [2.24, 2.45) is 5.73 Å². The molecule has 0 unspecified atom stereocenters. The smallest absolute Gasteiger partial charge is 0.0411 e. The van der Waals surface area contributed by atoms with Crippen LogP contribution in [0.5, 0.6) is 0 Å². The summed E-state index contributed by atoms with van der Waals surface area (Å²) in [6.07, 6.45) is 0. The van der Waals surface area contributed by atoms with Gasteiger partial charge in [0.2, 0.25) is 0 Å². The predicted molar refractivity (Wildman–Crippen MR) is 69.2 cm³/mol. The van der Waals surface area contributed by atoms with Gasteiger partial charge in [0, 0.05) is 47.6 Å². The van der Waals surface area contributed by atoms with Crippen molar-refractivity contribution in [2.45, 2.75) is 13.5 Å². The zero-order valence-corrected chi connectivity index (χ0v) is 10.4. The highest BCUT2D eigenvalue weighted by Crippen LogP contribution is 2.22. The van der Waals surface area contributed by atoms with Gasteiger partial charge in [-0.15, -0.1) is 0 Å². The van der Waals surface area contributed by atoms with E-state index in [2.05, 4.69) is 30.0 Å². The van der Waals surface area contributed by atoms with Crippen LogP contribution in [0.1, 0.15) is 11.1 Å². The Morgan fingerprint density at radius 2 is 2.06 bits per heavy atom. The van der Waals surface area contributed by atoms with Gasteiger partial charge in [-0.25, -0.2) is 0 Å². The number of hydrogen-bond donors (Lipinski definition) is 1. The summed E-state index contributed by atoms with van der Waals surface area (Å²) in [4.78, 5) is 2.32. The Kier molecular flexibility index (Phi) is 3.61. The highest BCUT2D eigenvalue weighted by Gasteiger charge is 2.16. The highest BCUT2D eigenvalue weighted by atomic mass is 32.2. The molecule has 1 aliphatic heterocycles. The van der Waals surface area contributed by atoms with Gasteiger partial charge in [0.1, 0.15) is 0 Å². The Morgan fingerprint density at radius 1 is 1.38 bits per heavy atom. The van der Waals surface area contributed by atoms with Gasteiger partial charge in [0.15, 0.2) is 0 Å². The fraction of sp³-hybridized carbons (Fsp3) is 0.500. The molecular formula is C12H18N2OS. The normalized spacial score (nSPS) is 17.8. The molecule has 0 aliphatic carbocycles. The Balaban J connectivity index is 2.17. The third kappa shape index (κ3) is 2.44. The molecule has 16 heavy (non-hydrogen) atoms. The third-order valence-corrected chi connectivity index (χ3v) is 4.29. The molecule has 0 atom stereocenters. The van der Waals surface area contributed by atoms with E-state index in [0.29, 0.717) is 6.54 Å². The SMILES string of the molecule is Cc1cc(CN)ccc1N1CCS(=O)CC1. The highest BCUT2D eigenvalue weighted by molar-refractivity contribution is 7.85. The quantitative estimate of drug-likeness (QED) is 0.837. The molecule has 4 heteroatoms. The van der Waals surface area contributed by atoms with Crippen molar-refractivity contribution >= 4 is 16.5 Å². The van der Waals surface area contributed by atoms with E-state index in [1.165, 1.54) is 16.8 Å². The molecule has 3 nitrogen and oxygen atoms in total. The van der Waals surface area contributed by atoms with Gasteiger partial charge < -0.3 is 10.6 Å². The summed E-state index contributed by atoms with van der Waals surface area (Å²) in [6, 6.07) is 6.35. The molecule has 2 rings (SSSR count). The van der Waals surface area contributed by atoms with Crippen LogP contribution in [-0.2, 0) is 17.3 Å². The largest absolute Gasteiger partial charge is 0.369 e. The molecule has 1 saturated heterocycles. The van der Waals surface area contributed by atoms with Crippen LogP contribution in [0.25, 0.3) is 0 Å². The molecule has 1 aliphatic rings. The fourth-order valence-electron chi connectivity index (χ4n) is 2.08. The standard InChI is InChI=1S/C12H18N2OS/c1-10-8-11(9-13)2-3-12(10)14-4-6-16(15)7-5-14/h2-3,8H,4-7,9,13H2,1H3. The average Bonchev–Trinajstić information content (AvgIpc) is 2.30. The van der Waals surface area contributed by atoms with E-state index >= 15 is 0 Å². The molecule has 0 bridgehead atoms. The van der Waals surface area contributed by atoms with Crippen molar-refractivity contribution in [2.75, 3.05) is 29.5 Å². The molecular weight excluding hydrogens is 220 g/mol. The fourth-order valence-corrected chi connectivity index (χ4v) is 3.13. The van der Waals surface area contributed by atoms with Crippen molar-refractivity contribution in [1.82, 2.24) is 0 Å². The number of benzene rings is 1. The number of anilines is 1. The molecule has 88 valence electrons. The molecule has 1 fully saturated rings. The lowest BCUT2D eigenvalue weighted by Crippen LogP contribution is -2.38. The van der Waals surface area contributed by atoms with Crippen molar-refractivity contribution in [3.05, 3.63) is 29.3 Å². The van der Waals surface area contributed by atoms with Crippen molar-refractivity contribution < 1.29 is 4.21 Å².